The Kier molecular flexibility index (Phi) is 3.10. The molecule has 0 aromatic heterocycles. The minimum atomic E-state index is -0.735. The molecule has 0 bridgehead atoms. The highest BCUT2D eigenvalue weighted by molar-refractivity contribution is 5.72. The number of methoxy groups -OCH3 is 1. The Hall–Kier alpha value is -1.55. The molecule has 1 aromatic rings. The van der Waals surface area contributed by atoms with Crippen LogP contribution in [0.3, 0.4) is 0 Å². The summed E-state index contributed by atoms with van der Waals surface area (Å²) < 4.78 is 9.88. The first-order chi connectivity index (χ1) is 7.69. The summed E-state index contributed by atoms with van der Waals surface area (Å²) in [7, 11) is 1.36. The molecule has 1 aromatic carbocycles. The summed E-state index contributed by atoms with van der Waals surface area (Å²) in [6.07, 6.45) is 0.905. The quantitative estimate of drug-likeness (QED) is 0.760. The lowest BCUT2D eigenvalue weighted by molar-refractivity contribution is -0.139. The Labute approximate surface area is 93.8 Å². The molecule has 16 heavy (non-hydrogen) atoms. The molecule has 1 atom stereocenters. The number of aliphatic hydroxyl groups excluding tert-OH is 1. The van der Waals surface area contributed by atoms with Crippen LogP contribution in [0.2, 0.25) is 0 Å². The molecule has 1 aliphatic rings. The number of aliphatic hydroxyl groups is 1. The molecule has 0 spiro atoms. The summed E-state index contributed by atoms with van der Waals surface area (Å²) >= 11 is 0. The number of carbonyl (C=O) groups is 1. The molecule has 1 N–H and O–H groups in total. The molecule has 0 aliphatic carbocycles. The molecule has 86 valence electrons. The van der Waals surface area contributed by atoms with E-state index in [0.29, 0.717) is 12.2 Å². The van der Waals surface area contributed by atoms with Crippen molar-refractivity contribution in [2.24, 2.45) is 0 Å². The van der Waals surface area contributed by atoms with Crippen molar-refractivity contribution >= 4 is 5.97 Å². The number of hydrogen-bond acceptors (Lipinski definition) is 4. The van der Waals surface area contributed by atoms with Crippen LogP contribution < -0.4 is 4.74 Å². The fourth-order valence-electron chi connectivity index (χ4n) is 1.75. The zero-order valence-corrected chi connectivity index (χ0v) is 9.10. The second kappa shape index (κ2) is 4.53. The maximum Gasteiger partial charge on any atom is 0.309 e. The number of ether oxygens (including phenoxy) is 2. The highest BCUT2D eigenvalue weighted by atomic mass is 16.6. The first-order valence-electron chi connectivity index (χ1n) is 5.22. The summed E-state index contributed by atoms with van der Waals surface area (Å²) in [6.45, 7) is 0. The van der Waals surface area contributed by atoms with Crippen molar-refractivity contribution in [2.45, 2.75) is 25.6 Å². The first-order valence-corrected chi connectivity index (χ1v) is 5.22. The predicted molar refractivity (Wildman–Crippen MR) is 57.1 cm³/mol. The lowest BCUT2D eigenvalue weighted by Gasteiger charge is -2.22. The molecule has 0 saturated carbocycles. The Morgan fingerprint density at radius 3 is 3.19 bits per heavy atom. The van der Waals surface area contributed by atoms with Crippen LogP contribution in [0.4, 0.5) is 0 Å². The molecule has 4 nitrogen and oxygen atoms in total. The summed E-state index contributed by atoms with van der Waals surface area (Å²) in [5, 5.41) is 9.36. The van der Waals surface area contributed by atoms with E-state index in [-0.39, 0.29) is 12.4 Å². The molecular formula is C12H14O4. The van der Waals surface area contributed by atoms with Gasteiger partial charge in [-0.1, -0.05) is 12.1 Å². The lowest BCUT2D eigenvalue weighted by atomic mass is 10.0. The molecule has 0 fully saturated rings. The number of esters is 1. The molecule has 4 heteroatoms. The van der Waals surface area contributed by atoms with Gasteiger partial charge in [-0.25, -0.2) is 0 Å². The number of rotatable bonds is 2. The van der Waals surface area contributed by atoms with Gasteiger partial charge < -0.3 is 14.6 Å². The van der Waals surface area contributed by atoms with E-state index in [4.69, 9.17) is 4.74 Å². The molecule has 2 rings (SSSR count). The number of fused-ring (bicyclic) bond motifs is 1. The second-order valence-electron chi connectivity index (χ2n) is 3.81. The summed E-state index contributed by atoms with van der Waals surface area (Å²) in [5.41, 5.74) is 1.90. The third-order valence-corrected chi connectivity index (χ3v) is 2.63. The third-order valence-electron chi connectivity index (χ3n) is 2.63. The van der Waals surface area contributed by atoms with E-state index in [1.54, 1.807) is 6.07 Å². The van der Waals surface area contributed by atoms with Gasteiger partial charge in [-0.15, -0.1) is 0 Å². The van der Waals surface area contributed by atoms with E-state index in [0.717, 1.165) is 17.5 Å². The van der Waals surface area contributed by atoms with Gasteiger partial charge in [0.2, 0.25) is 0 Å². The maximum absolute atomic E-state index is 11.1. The van der Waals surface area contributed by atoms with Gasteiger partial charge in [0, 0.05) is 6.42 Å². The van der Waals surface area contributed by atoms with E-state index < -0.39 is 6.29 Å². The van der Waals surface area contributed by atoms with Crippen molar-refractivity contribution in [3.05, 3.63) is 29.3 Å². The fraction of sp³-hybridized carbons (Fsp3) is 0.417. The van der Waals surface area contributed by atoms with Crippen molar-refractivity contribution in [1.82, 2.24) is 0 Å². The number of hydrogen-bond donors (Lipinski definition) is 1. The van der Waals surface area contributed by atoms with Crippen LogP contribution in [0.15, 0.2) is 18.2 Å². The van der Waals surface area contributed by atoms with Gasteiger partial charge in [-0.3, -0.25) is 4.79 Å². The third kappa shape index (κ3) is 2.33. The van der Waals surface area contributed by atoms with E-state index in [2.05, 4.69) is 4.74 Å². The fourth-order valence-corrected chi connectivity index (χ4v) is 1.75. The summed E-state index contributed by atoms with van der Waals surface area (Å²) in [4.78, 5) is 11.1. The molecule has 1 heterocycles. The van der Waals surface area contributed by atoms with Crippen LogP contribution >= 0.6 is 0 Å². The number of carbonyl (C=O) groups excluding carboxylic acids is 1. The highest BCUT2D eigenvalue weighted by Gasteiger charge is 2.17. The van der Waals surface area contributed by atoms with Gasteiger partial charge in [-0.05, 0) is 23.6 Å². The largest absolute Gasteiger partial charge is 0.469 e. The Bertz CT molecular complexity index is 400. The Morgan fingerprint density at radius 1 is 1.62 bits per heavy atom. The van der Waals surface area contributed by atoms with Gasteiger partial charge in [0.25, 0.3) is 0 Å². The van der Waals surface area contributed by atoms with Gasteiger partial charge >= 0.3 is 5.97 Å². The average molecular weight is 222 g/mol. The SMILES string of the molecule is COC(=O)Cc1ccc2c(c1)OC(O)CC2. The topological polar surface area (TPSA) is 55.8 Å². The Balaban J connectivity index is 2.18. The minimum absolute atomic E-state index is 0.225. The lowest BCUT2D eigenvalue weighted by Crippen LogP contribution is -2.21. The van der Waals surface area contributed by atoms with E-state index in [1.807, 2.05) is 12.1 Å². The zero-order valence-electron chi connectivity index (χ0n) is 9.10. The predicted octanol–water partition coefficient (Wildman–Crippen LogP) is 1.05. The van der Waals surface area contributed by atoms with E-state index >= 15 is 0 Å². The van der Waals surface area contributed by atoms with Gasteiger partial charge in [0.05, 0.1) is 13.5 Å². The Morgan fingerprint density at radius 2 is 2.44 bits per heavy atom. The van der Waals surface area contributed by atoms with Gasteiger partial charge in [0.15, 0.2) is 6.29 Å². The van der Waals surface area contributed by atoms with Crippen molar-refractivity contribution in [3.63, 3.8) is 0 Å². The van der Waals surface area contributed by atoms with Crippen molar-refractivity contribution < 1.29 is 19.4 Å². The van der Waals surface area contributed by atoms with E-state index in [9.17, 15) is 9.90 Å². The van der Waals surface area contributed by atoms with Crippen LogP contribution in [-0.2, 0) is 22.4 Å². The monoisotopic (exact) mass is 222 g/mol. The number of aryl methyl sites for hydroxylation is 1. The summed E-state index contributed by atoms with van der Waals surface area (Å²) in [6, 6.07) is 5.60. The molecular weight excluding hydrogens is 208 g/mol. The molecule has 0 radical (unpaired) electrons. The van der Waals surface area contributed by atoms with Gasteiger partial charge in [0.1, 0.15) is 5.75 Å². The van der Waals surface area contributed by atoms with Crippen LogP contribution in [0, 0.1) is 0 Å². The standard InChI is InChI=1S/C12H14O4/c1-15-12(14)7-8-2-3-9-4-5-11(13)16-10(9)6-8/h2-3,6,11,13H,4-5,7H2,1H3. The molecule has 1 unspecified atom stereocenters. The van der Waals surface area contributed by atoms with Crippen LogP contribution in [0.5, 0.6) is 5.75 Å². The van der Waals surface area contributed by atoms with Crippen LogP contribution in [0.25, 0.3) is 0 Å². The molecule has 0 saturated heterocycles. The zero-order chi connectivity index (χ0) is 11.5. The summed E-state index contributed by atoms with van der Waals surface area (Å²) in [5.74, 6) is 0.386. The minimum Gasteiger partial charge on any atom is -0.469 e. The van der Waals surface area contributed by atoms with Crippen LogP contribution in [-0.4, -0.2) is 24.5 Å². The second-order valence-corrected chi connectivity index (χ2v) is 3.81. The molecule has 0 amide bonds. The molecule has 1 aliphatic heterocycles. The maximum atomic E-state index is 11.1. The van der Waals surface area contributed by atoms with Crippen molar-refractivity contribution in [1.29, 1.82) is 0 Å². The number of benzene rings is 1. The van der Waals surface area contributed by atoms with Crippen molar-refractivity contribution in [2.75, 3.05) is 7.11 Å². The van der Waals surface area contributed by atoms with Gasteiger partial charge in [-0.2, -0.15) is 0 Å². The van der Waals surface area contributed by atoms with Crippen LogP contribution in [0.1, 0.15) is 17.5 Å². The first kappa shape index (κ1) is 11.0. The van der Waals surface area contributed by atoms with E-state index in [1.165, 1.54) is 7.11 Å². The average Bonchev–Trinajstić information content (AvgIpc) is 2.28. The smallest absolute Gasteiger partial charge is 0.309 e. The normalized spacial score (nSPS) is 18.5. The van der Waals surface area contributed by atoms with Crippen molar-refractivity contribution in [3.8, 4) is 5.75 Å². The highest BCUT2D eigenvalue weighted by Crippen LogP contribution is 2.28.